The zero-order valence-corrected chi connectivity index (χ0v) is 15.3. The van der Waals surface area contributed by atoms with Crippen LogP contribution in [0.4, 0.5) is 28.0 Å². The van der Waals surface area contributed by atoms with E-state index in [0.29, 0.717) is 37.9 Å². The Bertz CT molecular complexity index is 714. The lowest BCUT2D eigenvalue weighted by molar-refractivity contribution is -0.140. The molecule has 1 saturated heterocycles. The fourth-order valence-corrected chi connectivity index (χ4v) is 2.79. The van der Waals surface area contributed by atoms with Crippen molar-refractivity contribution in [2.45, 2.75) is 57.9 Å². The topological polar surface area (TPSA) is 58.6 Å². The molecule has 0 aliphatic carbocycles. The molecular formula is C18H22F4N2O3. The molecule has 1 aromatic carbocycles. The minimum absolute atomic E-state index is 0.111. The number of rotatable bonds is 2. The Balaban J connectivity index is 2.13. The van der Waals surface area contributed by atoms with Gasteiger partial charge in [0.05, 0.1) is 5.56 Å². The number of halogens is 4. The third-order valence-corrected chi connectivity index (χ3v) is 3.98. The maximum absolute atomic E-state index is 13.7. The van der Waals surface area contributed by atoms with E-state index in [9.17, 15) is 27.2 Å². The van der Waals surface area contributed by atoms with Gasteiger partial charge in [0.2, 0.25) is 5.91 Å². The van der Waals surface area contributed by atoms with E-state index >= 15 is 0 Å². The predicted octanol–water partition coefficient (Wildman–Crippen LogP) is 4.57. The molecule has 27 heavy (non-hydrogen) atoms. The van der Waals surface area contributed by atoms with Crippen LogP contribution in [0, 0.1) is 5.82 Å². The zero-order valence-electron chi connectivity index (χ0n) is 15.3. The average Bonchev–Trinajstić information content (AvgIpc) is 2.52. The first-order valence-electron chi connectivity index (χ1n) is 8.56. The number of likely N-dealkylation sites (tertiary alicyclic amines) is 1. The van der Waals surface area contributed by atoms with E-state index in [1.165, 1.54) is 4.90 Å². The molecule has 1 unspecified atom stereocenters. The molecule has 0 spiro atoms. The van der Waals surface area contributed by atoms with E-state index in [-0.39, 0.29) is 5.69 Å². The van der Waals surface area contributed by atoms with E-state index in [1.54, 1.807) is 20.8 Å². The summed E-state index contributed by atoms with van der Waals surface area (Å²) >= 11 is 0. The molecule has 0 saturated carbocycles. The summed E-state index contributed by atoms with van der Waals surface area (Å²) < 4.78 is 56.8. The Morgan fingerprint density at radius 1 is 1.19 bits per heavy atom. The number of carbonyl (C=O) groups is 2. The van der Waals surface area contributed by atoms with Crippen LogP contribution in [0.5, 0.6) is 0 Å². The van der Waals surface area contributed by atoms with Crippen LogP contribution in [0.25, 0.3) is 0 Å². The Morgan fingerprint density at radius 2 is 1.85 bits per heavy atom. The zero-order chi connectivity index (χ0) is 20.4. The molecule has 1 atom stereocenters. The number of carbonyl (C=O) groups excluding carboxylic acids is 2. The summed E-state index contributed by atoms with van der Waals surface area (Å²) in [5, 5.41) is 2.38. The van der Waals surface area contributed by atoms with Crippen molar-refractivity contribution in [3.05, 3.63) is 29.6 Å². The van der Waals surface area contributed by atoms with Crippen LogP contribution in [0.15, 0.2) is 18.2 Å². The van der Waals surface area contributed by atoms with E-state index in [1.807, 2.05) is 0 Å². The molecule has 1 N–H and O–H groups in total. The van der Waals surface area contributed by atoms with E-state index in [2.05, 4.69) is 5.32 Å². The number of piperidine rings is 1. The molecule has 2 rings (SSSR count). The molecule has 0 aromatic heterocycles. The Kier molecular flexibility index (Phi) is 6.01. The summed E-state index contributed by atoms with van der Waals surface area (Å²) in [6.07, 6.45) is -3.66. The average molecular weight is 390 g/mol. The molecule has 1 aliphatic heterocycles. The van der Waals surface area contributed by atoms with Gasteiger partial charge >= 0.3 is 12.3 Å². The largest absolute Gasteiger partial charge is 0.444 e. The van der Waals surface area contributed by atoms with E-state index in [4.69, 9.17) is 4.74 Å². The van der Waals surface area contributed by atoms with Crippen molar-refractivity contribution >= 4 is 17.7 Å². The first kappa shape index (κ1) is 21.0. The number of ether oxygens (including phenoxy) is 1. The van der Waals surface area contributed by atoms with Gasteiger partial charge in [-0.05, 0) is 58.2 Å². The Labute approximate surface area is 154 Å². The van der Waals surface area contributed by atoms with Crippen LogP contribution in [0.1, 0.15) is 45.6 Å². The third kappa shape index (κ3) is 5.58. The minimum atomic E-state index is -4.82. The maximum atomic E-state index is 13.7. The van der Waals surface area contributed by atoms with Crippen molar-refractivity contribution < 1.29 is 31.9 Å². The number of benzene rings is 1. The van der Waals surface area contributed by atoms with Gasteiger partial charge in [0.1, 0.15) is 17.5 Å². The number of nitrogens with one attached hydrogen (secondary N) is 1. The lowest BCUT2D eigenvalue weighted by Gasteiger charge is -2.35. The standard InChI is InChI=1S/C18H22F4N2O3/c1-17(2,3)27-16(26)24-9-5-4-6-14(24)15(25)23-11-7-8-12(13(19)10-11)18(20,21)22/h7-8,10,14H,4-6,9H2,1-3H3,(H,23,25). The normalized spacial score (nSPS) is 18.2. The lowest BCUT2D eigenvalue weighted by Crippen LogP contribution is -2.51. The summed E-state index contributed by atoms with van der Waals surface area (Å²) in [6.45, 7) is 5.44. The van der Waals surface area contributed by atoms with Gasteiger partial charge in [-0.25, -0.2) is 9.18 Å². The molecule has 0 bridgehead atoms. The van der Waals surface area contributed by atoms with Gasteiger partial charge < -0.3 is 10.1 Å². The molecular weight excluding hydrogens is 368 g/mol. The van der Waals surface area contributed by atoms with Gasteiger partial charge in [-0.3, -0.25) is 9.69 Å². The smallest absolute Gasteiger partial charge is 0.419 e. The van der Waals surface area contributed by atoms with Crippen LogP contribution in [-0.4, -0.2) is 35.1 Å². The van der Waals surface area contributed by atoms with Crippen molar-refractivity contribution in [3.8, 4) is 0 Å². The van der Waals surface area contributed by atoms with Crippen molar-refractivity contribution in [1.82, 2.24) is 4.90 Å². The van der Waals surface area contributed by atoms with Crippen LogP contribution in [-0.2, 0) is 15.7 Å². The number of nitrogens with zero attached hydrogens (tertiary/aromatic N) is 1. The van der Waals surface area contributed by atoms with Gasteiger partial charge in [0.15, 0.2) is 0 Å². The molecule has 9 heteroatoms. The van der Waals surface area contributed by atoms with E-state index in [0.717, 1.165) is 6.07 Å². The summed E-state index contributed by atoms with van der Waals surface area (Å²) in [6, 6.07) is 1.32. The molecule has 1 fully saturated rings. The fourth-order valence-electron chi connectivity index (χ4n) is 2.79. The van der Waals surface area contributed by atoms with Crippen LogP contribution in [0.2, 0.25) is 0 Å². The number of hydrogen-bond acceptors (Lipinski definition) is 3. The van der Waals surface area contributed by atoms with Crippen molar-refractivity contribution in [2.24, 2.45) is 0 Å². The summed E-state index contributed by atoms with van der Waals surface area (Å²) in [4.78, 5) is 26.2. The monoisotopic (exact) mass is 390 g/mol. The van der Waals surface area contributed by atoms with Gasteiger partial charge in [0, 0.05) is 12.2 Å². The second-order valence-electron chi connectivity index (χ2n) is 7.37. The quantitative estimate of drug-likeness (QED) is 0.753. The van der Waals surface area contributed by atoms with Gasteiger partial charge in [-0.2, -0.15) is 13.2 Å². The molecule has 1 aliphatic rings. The lowest BCUT2D eigenvalue weighted by atomic mass is 10.0. The van der Waals surface area contributed by atoms with Crippen LogP contribution < -0.4 is 5.32 Å². The van der Waals surface area contributed by atoms with Crippen molar-refractivity contribution in [3.63, 3.8) is 0 Å². The molecule has 1 heterocycles. The predicted molar refractivity (Wildman–Crippen MR) is 90.6 cm³/mol. The van der Waals surface area contributed by atoms with Crippen molar-refractivity contribution in [2.75, 3.05) is 11.9 Å². The number of hydrogen-bond donors (Lipinski definition) is 1. The highest BCUT2D eigenvalue weighted by Crippen LogP contribution is 2.32. The second kappa shape index (κ2) is 7.74. The molecule has 2 amide bonds. The highest BCUT2D eigenvalue weighted by Gasteiger charge is 2.36. The van der Waals surface area contributed by atoms with Gasteiger partial charge in [0.25, 0.3) is 0 Å². The number of alkyl halides is 3. The second-order valence-corrected chi connectivity index (χ2v) is 7.37. The highest BCUT2D eigenvalue weighted by atomic mass is 19.4. The van der Waals surface area contributed by atoms with Gasteiger partial charge in [-0.15, -0.1) is 0 Å². The first-order chi connectivity index (χ1) is 12.4. The van der Waals surface area contributed by atoms with Crippen LogP contribution >= 0.6 is 0 Å². The Morgan fingerprint density at radius 3 is 2.41 bits per heavy atom. The number of amides is 2. The summed E-state index contributed by atoms with van der Waals surface area (Å²) in [7, 11) is 0. The van der Waals surface area contributed by atoms with Crippen LogP contribution in [0.3, 0.4) is 0 Å². The minimum Gasteiger partial charge on any atom is -0.444 e. The summed E-state index contributed by atoms with van der Waals surface area (Å²) in [5.74, 6) is -2.08. The maximum Gasteiger partial charge on any atom is 0.419 e. The molecule has 1 aromatic rings. The Hall–Kier alpha value is -2.32. The summed E-state index contributed by atoms with van der Waals surface area (Å²) in [5.41, 5.74) is -2.25. The molecule has 150 valence electrons. The van der Waals surface area contributed by atoms with Gasteiger partial charge in [-0.1, -0.05) is 0 Å². The first-order valence-corrected chi connectivity index (χ1v) is 8.56. The SMILES string of the molecule is CC(C)(C)OC(=O)N1CCCCC1C(=O)Nc1ccc(C(F)(F)F)c(F)c1. The highest BCUT2D eigenvalue weighted by molar-refractivity contribution is 5.96. The molecule has 5 nitrogen and oxygen atoms in total. The fraction of sp³-hybridized carbons (Fsp3) is 0.556. The number of anilines is 1. The molecule has 0 radical (unpaired) electrons. The van der Waals surface area contributed by atoms with Crippen molar-refractivity contribution in [1.29, 1.82) is 0 Å². The third-order valence-electron chi connectivity index (χ3n) is 3.98. The van der Waals surface area contributed by atoms with E-state index < -0.39 is 41.2 Å².